The molecular weight excluding hydrogens is 288 g/mol. The quantitative estimate of drug-likeness (QED) is 0.575. The smallest absolute Gasteiger partial charge is 0.339 e. The van der Waals surface area contributed by atoms with Crippen molar-refractivity contribution in [3.63, 3.8) is 0 Å². The van der Waals surface area contributed by atoms with Crippen molar-refractivity contribution in [3.05, 3.63) is 35.4 Å². The maximum atomic E-state index is 12.4. The molecule has 0 saturated carbocycles. The summed E-state index contributed by atoms with van der Waals surface area (Å²) in [6.45, 7) is 0. The van der Waals surface area contributed by atoms with Crippen molar-refractivity contribution >= 4 is 17.9 Å². The van der Waals surface area contributed by atoms with Gasteiger partial charge in [-0.05, 0) is 18.6 Å². The molecule has 0 unspecified atom stereocenters. The van der Waals surface area contributed by atoms with E-state index in [1.807, 2.05) is 0 Å². The van der Waals surface area contributed by atoms with Gasteiger partial charge in [-0.15, -0.1) is 0 Å². The molecule has 0 aromatic heterocycles. The number of benzene rings is 1. The maximum absolute atomic E-state index is 12.4. The minimum atomic E-state index is -0.756. The second kappa shape index (κ2) is 4.43. The number of carbonyl (C=O) groups excluding carboxylic acids is 3. The SMILES string of the molecule is COC(=O)[C@H]1CC=C2C(=O)Oc3cccc4c3[C@H]2[C@@H]1C(=O)O4. The lowest BCUT2D eigenvalue weighted by Crippen LogP contribution is -2.46. The number of methoxy groups -OCH3 is 1. The van der Waals surface area contributed by atoms with Crippen LogP contribution in [-0.2, 0) is 19.1 Å². The van der Waals surface area contributed by atoms with Crippen molar-refractivity contribution < 1.29 is 28.6 Å². The number of allylic oxidation sites excluding steroid dienone is 1. The first-order chi connectivity index (χ1) is 10.6. The molecule has 1 aromatic rings. The van der Waals surface area contributed by atoms with E-state index in [9.17, 15) is 14.4 Å². The summed E-state index contributed by atoms with van der Waals surface area (Å²) in [5, 5.41) is 0. The Balaban J connectivity index is 1.94. The Morgan fingerprint density at radius 2 is 1.95 bits per heavy atom. The number of hydrogen-bond acceptors (Lipinski definition) is 6. The first kappa shape index (κ1) is 13.1. The minimum absolute atomic E-state index is 0.255. The molecule has 0 spiro atoms. The van der Waals surface area contributed by atoms with Gasteiger partial charge < -0.3 is 14.2 Å². The molecule has 22 heavy (non-hydrogen) atoms. The van der Waals surface area contributed by atoms with Crippen LogP contribution in [0.25, 0.3) is 0 Å². The van der Waals surface area contributed by atoms with Gasteiger partial charge in [-0.3, -0.25) is 9.59 Å². The largest absolute Gasteiger partial charge is 0.469 e. The van der Waals surface area contributed by atoms with Crippen molar-refractivity contribution in [1.29, 1.82) is 0 Å². The van der Waals surface area contributed by atoms with Gasteiger partial charge >= 0.3 is 17.9 Å². The summed E-state index contributed by atoms with van der Waals surface area (Å²) in [5.74, 6) is -2.61. The van der Waals surface area contributed by atoms with Gasteiger partial charge in [0.1, 0.15) is 11.5 Å². The molecule has 0 bridgehead atoms. The highest BCUT2D eigenvalue weighted by Gasteiger charge is 2.53. The lowest BCUT2D eigenvalue weighted by molar-refractivity contribution is -0.157. The van der Waals surface area contributed by atoms with Crippen molar-refractivity contribution in [2.24, 2.45) is 11.8 Å². The van der Waals surface area contributed by atoms with Crippen LogP contribution in [0.5, 0.6) is 11.5 Å². The molecule has 2 heterocycles. The van der Waals surface area contributed by atoms with Crippen LogP contribution in [0, 0.1) is 11.8 Å². The van der Waals surface area contributed by atoms with Crippen molar-refractivity contribution in [3.8, 4) is 11.5 Å². The molecule has 2 aliphatic heterocycles. The van der Waals surface area contributed by atoms with Crippen LogP contribution >= 0.6 is 0 Å². The molecule has 0 amide bonds. The minimum Gasteiger partial charge on any atom is -0.469 e. The molecule has 4 rings (SSSR count). The second-order valence-corrected chi connectivity index (χ2v) is 5.51. The average Bonchev–Trinajstić information content (AvgIpc) is 2.52. The number of esters is 3. The van der Waals surface area contributed by atoms with Crippen LogP contribution in [0.15, 0.2) is 29.8 Å². The van der Waals surface area contributed by atoms with E-state index in [1.54, 1.807) is 24.3 Å². The van der Waals surface area contributed by atoms with E-state index >= 15 is 0 Å². The monoisotopic (exact) mass is 300 g/mol. The van der Waals surface area contributed by atoms with E-state index < -0.39 is 35.7 Å². The third-order valence-electron chi connectivity index (χ3n) is 4.48. The summed E-state index contributed by atoms with van der Waals surface area (Å²) in [4.78, 5) is 36.6. The Morgan fingerprint density at radius 3 is 2.68 bits per heavy atom. The van der Waals surface area contributed by atoms with Crippen LogP contribution in [0.1, 0.15) is 17.9 Å². The third-order valence-corrected chi connectivity index (χ3v) is 4.48. The molecule has 3 atom stereocenters. The Kier molecular flexibility index (Phi) is 2.63. The molecule has 0 radical (unpaired) electrons. The fourth-order valence-electron chi connectivity index (χ4n) is 3.54. The van der Waals surface area contributed by atoms with Gasteiger partial charge in [-0.25, -0.2) is 4.79 Å². The van der Waals surface area contributed by atoms with E-state index in [1.165, 1.54) is 7.11 Å². The molecule has 112 valence electrons. The second-order valence-electron chi connectivity index (χ2n) is 5.51. The molecule has 1 aliphatic carbocycles. The first-order valence-electron chi connectivity index (χ1n) is 6.96. The first-order valence-corrected chi connectivity index (χ1v) is 6.96. The standard InChI is InChI=1S/C16H12O6/c1-20-14(17)8-6-5-7-11-12(8)16(19)22-10-4-2-3-9(13(10)11)21-15(7)18/h2-5,8,11-12H,6H2,1H3/t8-,11+,12+/m0/s1. The predicted molar refractivity (Wildman–Crippen MR) is 72.1 cm³/mol. The van der Waals surface area contributed by atoms with Crippen LogP contribution in [0.4, 0.5) is 0 Å². The molecular formula is C16H12O6. The zero-order chi connectivity index (χ0) is 15.4. The fraction of sp³-hybridized carbons (Fsp3) is 0.312. The van der Waals surface area contributed by atoms with Crippen LogP contribution in [-0.4, -0.2) is 25.0 Å². The third kappa shape index (κ3) is 1.57. The summed E-state index contributed by atoms with van der Waals surface area (Å²) in [6.07, 6.45) is 1.92. The summed E-state index contributed by atoms with van der Waals surface area (Å²) in [5.41, 5.74) is 1.08. The molecule has 0 fully saturated rings. The molecule has 1 aromatic carbocycles. The summed E-state index contributed by atoms with van der Waals surface area (Å²) in [7, 11) is 1.28. The van der Waals surface area contributed by atoms with Gasteiger partial charge in [0.2, 0.25) is 0 Å². The van der Waals surface area contributed by atoms with Crippen molar-refractivity contribution in [2.75, 3.05) is 7.11 Å². The Morgan fingerprint density at radius 1 is 1.23 bits per heavy atom. The highest BCUT2D eigenvalue weighted by molar-refractivity contribution is 5.99. The molecule has 3 aliphatic rings. The number of carbonyl (C=O) groups is 3. The van der Waals surface area contributed by atoms with Gasteiger partial charge in [-0.1, -0.05) is 12.1 Å². The normalized spacial score (nSPS) is 28.0. The van der Waals surface area contributed by atoms with E-state index in [-0.39, 0.29) is 6.42 Å². The van der Waals surface area contributed by atoms with Crippen LogP contribution < -0.4 is 9.47 Å². The van der Waals surface area contributed by atoms with Crippen LogP contribution in [0.3, 0.4) is 0 Å². The molecule has 0 saturated heterocycles. The average molecular weight is 300 g/mol. The number of rotatable bonds is 1. The molecule has 6 heteroatoms. The summed E-state index contributed by atoms with van der Waals surface area (Å²) < 4.78 is 15.5. The molecule has 6 nitrogen and oxygen atoms in total. The number of ether oxygens (including phenoxy) is 3. The topological polar surface area (TPSA) is 78.9 Å². The van der Waals surface area contributed by atoms with Gasteiger partial charge in [0, 0.05) is 17.1 Å². The van der Waals surface area contributed by atoms with Crippen LogP contribution in [0.2, 0.25) is 0 Å². The van der Waals surface area contributed by atoms with Crippen molar-refractivity contribution in [1.82, 2.24) is 0 Å². The molecule has 0 N–H and O–H groups in total. The van der Waals surface area contributed by atoms with Crippen molar-refractivity contribution in [2.45, 2.75) is 12.3 Å². The van der Waals surface area contributed by atoms with E-state index in [0.717, 1.165) is 0 Å². The highest BCUT2D eigenvalue weighted by Crippen LogP contribution is 2.54. The number of hydrogen-bond donors (Lipinski definition) is 0. The zero-order valence-corrected chi connectivity index (χ0v) is 11.7. The fourth-order valence-corrected chi connectivity index (χ4v) is 3.54. The zero-order valence-electron chi connectivity index (χ0n) is 11.7. The lowest BCUT2D eigenvalue weighted by atomic mass is 9.66. The maximum Gasteiger partial charge on any atom is 0.339 e. The summed E-state index contributed by atoms with van der Waals surface area (Å²) in [6, 6.07) is 4.97. The van der Waals surface area contributed by atoms with Gasteiger partial charge in [0.15, 0.2) is 0 Å². The van der Waals surface area contributed by atoms with Gasteiger partial charge in [0.25, 0.3) is 0 Å². The van der Waals surface area contributed by atoms with E-state index in [2.05, 4.69) is 0 Å². The van der Waals surface area contributed by atoms with E-state index in [4.69, 9.17) is 14.2 Å². The Labute approximate surface area is 125 Å². The Hall–Kier alpha value is -2.63. The van der Waals surface area contributed by atoms with E-state index in [0.29, 0.717) is 22.6 Å². The van der Waals surface area contributed by atoms with Gasteiger partial charge in [0.05, 0.1) is 18.9 Å². The Bertz CT molecular complexity index is 733. The highest BCUT2D eigenvalue weighted by atomic mass is 16.6. The predicted octanol–water partition coefficient (Wildman–Crippen LogP) is 1.34. The van der Waals surface area contributed by atoms with Gasteiger partial charge in [-0.2, -0.15) is 0 Å². The summed E-state index contributed by atoms with van der Waals surface area (Å²) >= 11 is 0. The lowest BCUT2D eigenvalue weighted by Gasteiger charge is -2.41.